The predicted molar refractivity (Wildman–Crippen MR) is 76.6 cm³/mol. The van der Waals surface area contributed by atoms with Crippen LogP contribution in [-0.4, -0.2) is 13.1 Å². The zero-order valence-corrected chi connectivity index (χ0v) is 11.6. The second-order valence-electron chi connectivity index (χ2n) is 4.81. The van der Waals surface area contributed by atoms with E-state index in [1.165, 1.54) is 17.5 Å². The summed E-state index contributed by atoms with van der Waals surface area (Å²) in [6.45, 7) is 6.43. The van der Waals surface area contributed by atoms with Crippen LogP contribution in [-0.2, 0) is 6.42 Å². The van der Waals surface area contributed by atoms with Gasteiger partial charge in [-0.05, 0) is 49.4 Å². The number of nitriles is 1. The van der Waals surface area contributed by atoms with Crippen molar-refractivity contribution in [3.8, 4) is 6.07 Å². The van der Waals surface area contributed by atoms with E-state index in [2.05, 4.69) is 49.5 Å². The van der Waals surface area contributed by atoms with Gasteiger partial charge in [-0.15, -0.1) is 0 Å². The fraction of sp³-hybridized carbons (Fsp3) is 0.562. The van der Waals surface area contributed by atoms with Gasteiger partial charge in [0.25, 0.3) is 0 Å². The van der Waals surface area contributed by atoms with Crippen LogP contribution >= 0.6 is 0 Å². The van der Waals surface area contributed by atoms with E-state index in [1.54, 1.807) is 0 Å². The van der Waals surface area contributed by atoms with Crippen molar-refractivity contribution >= 4 is 0 Å². The molecule has 2 heteroatoms. The lowest BCUT2D eigenvalue weighted by Gasteiger charge is -2.10. The molecule has 0 aliphatic rings. The molecule has 0 fully saturated rings. The summed E-state index contributed by atoms with van der Waals surface area (Å²) in [6, 6.07) is 11.1. The molecule has 0 saturated carbocycles. The maximum Gasteiger partial charge on any atom is 0.0622 e. The third kappa shape index (κ3) is 5.33. The third-order valence-corrected chi connectivity index (χ3v) is 3.39. The van der Waals surface area contributed by atoms with E-state index in [0.29, 0.717) is 12.3 Å². The molecule has 0 spiro atoms. The smallest absolute Gasteiger partial charge is 0.0622 e. The lowest BCUT2D eigenvalue weighted by Crippen LogP contribution is -2.18. The van der Waals surface area contributed by atoms with Gasteiger partial charge in [-0.2, -0.15) is 5.26 Å². The maximum atomic E-state index is 8.41. The standard InChI is InChI=1S/C16H24N2/c1-3-14(2)16-8-6-15(7-9-16)10-13-18-12-5-4-11-17/h6-9,14,18H,3-5,10,12-13H2,1-2H3. The number of hydrogen-bond donors (Lipinski definition) is 1. The molecule has 1 unspecified atom stereocenters. The van der Waals surface area contributed by atoms with E-state index in [9.17, 15) is 0 Å². The molecule has 98 valence electrons. The summed E-state index contributed by atoms with van der Waals surface area (Å²) in [6.07, 6.45) is 3.85. The number of nitrogens with one attached hydrogen (secondary N) is 1. The first-order valence-electron chi connectivity index (χ1n) is 6.94. The Balaban J connectivity index is 2.25. The van der Waals surface area contributed by atoms with Crippen molar-refractivity contribution < 1.29 is 0 Å². The minimum absolute atomic E-state index is 0.649. The van der Waals surface area contributed by atoms with Crippen LogP contribution in [0.1, 0.15) is 50.2 Å². The fourth-order valence-corrected chi connectivity index (χ4v) is 1.90. The number of unbranched alkanes of at least 4 members (excludes halogenated alkanes) is 1. The average Bonchev–Trinajstić information content (AvgIpc) is 2.42. The molecule has 0 bridgehead atoms. The van der Waals surface area contributed by atoms with E-state index >= 15 is 0 Å². The van der Waals surface area contributed by atoms with Crippen LogP contribution in [0.3, 0.4) is 0 Å². The van der Waals surface area contributed by atoms with Gasteiger partial charge >= 0.3 is 0 Å². The number of nitrogens with zero attached hydrogens (tertiary/aromatic N) is 1. The second kappa shape index (κ2) is 8.72. The van der Waals surface area contributed by atoms with E-state index in [1.807, 2.05) is 0 Å². The zero-order chi connectivity index (χ0) is 13.2. The fourth-order valence-electron chi connectivity index (χ4n) is 1.90. The summed E-state index contributed by atoms with van der Waals surface area (Å²) in [4.78, 5) is 0. The van der Waals surface area contributed by atoms with Crippen LogP contribution in [0, 0.1) is 11.3 Å². The summed E-state index contributed by atoms with van der Waals surface area (Å²) in [5.74, 6) is 0.656. The molecule has 0 radical (unpaired) electrons. The Labute approximate surface area is 111 Å². The van der Waals surface area contributed by atoms with Gasteiger partial charge in [0.05, 0.1) is 6.07 Å². The molecular formula is C16H24N2. The minimum atomic E-state index is 0.649. The number of hydrogen-bond acceptors (Lipinski definition) is 2. The lowest BCUT2D eigenvalue weighted by molar-refractivity contribution is 0.654. The summed E-state index contributed by atoms with van der Waals surface area (Å²) < 4.78 is 0. The average molecular weight is 244 g/mol. The van der Waals surface area contributed by atoms with Gasteiger partial charge in [-0.1, -0.05) is 38.1 Å². The first-order valence-corrected chi connectivity index (χ1v) is 6.94. The largest absolute Gasteiger partial charge is 0.316 e. The van der Waals surface area contributed by atoms with Gasteiger partial charge in [0.15, 0.2) is 0 Å². The maximum absolute atomic E-state index is 8.41. The van der Waals surface area contributed by atoms with Gasteiger partial charge in [-0.25, -0.2) is 0 Å². The van der Waals surface area contributed by atoms with Crippen molar-refractivity contribution in [3.05, 3.63) is 35.4 Å². The van der Waals surface area contributed by atoms with Crippen LogP contribution in [0.2, 0.25) is 0 Å². The topological polar surface area (TPSA) is 35.8 Å². The second-order valence-corrected chi connectivity index (χ2v) is 4.81. The van der Waals surface area contributed by atoms with E-state index in [4.69, 9.17) is 5.26 Å². The Kier molecular flexibility index (Phi) is 7.13. The Morgan fingerprint density at radius 1 is 1.22 bits per heavy atom. The van der Waals surface area contributed by atoms with Crippen molar-refractivity contribution in [2.75, 3.05) is 13.1 Å². The molecule has 0 aliphatic heterocycles. The first-order chi connectivity index (χ1) is 8.77. The SMILES string of the molecule is CCC(C)c1ccc(CCNCCCC#N)cc1. The first kappa shape index (κ1) is 14.7. The number of benzene rings is 1. The molecule has 1 aromatic rings. The Morgan fingerprint density at radius 2 is 1.94 bits per heavy atom. The van der Waals surface area contributed by atoms with Crippen LogP contribution in [0.4, 0.5) is 0 Å². The van der Waals surface area contributed by atoms with E-state index in [0.717, 1.165) is 25.9 Å². The molecule has 0 amide bonds. The molecule has 0 saturated heterocycles. The Morgan fingerprint density at radius 3 is 2.56 bits per heavy atom. The van der Waals surface area contributed by atoms with Crippen molar-refractivity contribution in [3.63, 3.8) is 0 Å². The molecule has 1 rings (SSSR count). The van der Waals surface area contributed by atoms with Gasteiger partial charge in [0.1, 0.15) is 0 Å². The van der Waals surface area contributed by atoms with Crippen LogP contribution in [0.25, 0.3) is 0 Å². The molecule has 1 aromatic carbocycles. The van der Waals surface area contributed by atoms with Crippen molar-refractivity contribution in [1.82, 2.24) is 5.32 Å². The third-order valence-electron chi connectivity index (χ3n) is 3.39. The van der Waals surface area contributed by atoms with Gasteiger partial charge < -0.3 is 5.32 Å². The molecule has 1 N–H and O–H groups in total. The van der Waals surface area contributed by atoms with Crippen LogP contribution in [0.5, 0.6) is 0 Å². The summed E-state index contributed by atoms with van der Waals surface area (Å²) in [5, 5.41) is 11.8. The van der Waals surface area contributed by atoms with Crippen molar-refractivity contribution in [2.24, 2.45) is 0 Å². The highest BCUT2D eigenvalue weighted by Crippen LogP contribution is 2.18. The highest BCUT2D eigenvalue weighted by atomic mass is 14.8. The monoisotopic (exact) mass is 244 g/mol. The van der Waals surface area contributed by atoms with Crippen molar-refractivity contribution in [2.45, 2.75) is 45.4 Å². The molecule has 18 heavy (non-hydrogen) atoms. The zero-order valence-electron chi connectivity index (χ0n) is 11.6. The summed E-state index contributed by atoms with van der Waals surface area (Å²) in [7, 11) is 0. The Hall–Kier alpha value is -1.33. The van der Waals surface area contributed by atoms with Crippen molar-refractivity contribution in [1.29, 1.82) is 5.26 Å². The summed E-state index contributed by atoms with van der Waals surface area (Å²) >= 11 is 0. The molecule has 0 aliphatic carbocycles. The number of rotatable bonds is 8. The summed E-state index contributed by atoms with van der Waals surface area (Å²) in [5.41, 5.74) is 2.82. The Bertz CT molecular complexity index is 362. The van der Waals surface area contributed by atoms with E-state index in [-0.39, 0.29) is 0 Å². The lowest BCUT2D eigenvalue weighted by atomic mass is 9.97. The molecule has 0 heterocycles. The molecule has 0 aromatic heterocycles. The van der Waals surface area contributed by atoms with Gasteiger partial charge in [0, 0.05) is 6.42 Å². The predicted octanol–water partition coefficient (Wildman–Crippen LogP) is 3.64. The minimum Gasteiger partial charge on any atom is -0.316 e. The normalized spacial score (nSPS) is 12.1. The van der Waals surface area contributed by atoms with E-state index < -0.39 is 0 Å². The highest BCUT2D eigenvalue weighted by Gasteiger charge is 2.02. The van der Waals surface area contributed by atoms with Crippen LogP contribution < -0.4 is 5.32 Å². The molecular weight excluding hydrogens is 220 g/mol. The quantitative estimate of drug-likeness (QED) is 0.709. The van der Waals surface area contributed by atoms with Gasteiger partial charge in [0.2, 0.25) is 0 Å². The molecule has 2 nitrogen and oxygen atoms in total. The van der Waals surface area contributed by atoms with Gasteiger partial charge in [-0.3, -0.25) is 0 Å². The molecule has 1 atom stereocenters. The van der Waals surface area contributed by atoms with Crippen LogP contribution in [0.15, 0.2) is 24.3 Å². The highest BCUT2D eigenvalue weighted by molar-refractivity contribution is 5.25.